The number of esters is 2. The highest BCUT2D eigenvalue weighted by Gasteiger charge is 2.55. The van der Waals surface area contributed by atoms with Gasteiger partial charge >= 0.3 is 11.9 Å². The molecular formula is C19H16O6. The van der Waals surface area contributed by atoms with E-state index in [1.165, 1.54) is 31.4 Å². The largest absolute Gasteiger partial charge is 0.508 e. The molecule has 0 aliphatic carbocycles. The second kappa shape index (κ2) is 6.32. The standard InChI is InChI=1S/C19H16O6/c1-24-18(23)19(11-12-5-3-2-4-6-12)15(16(21)17(22)25-19)13-7-9-14(20)10-8-13/h2-10,20-21H,11H2,1H3. The second-order valence-electron chi connectivity index (χ2n) is 5.64. The highest BCUT2D eigenvalue weighted by atomic mass is 16.6. The fraction of sp³-hybridized carbons (Fsp3) is 0.158. The van der Waals surface area contributed by atoms with Crippen LogP contribution in [0.3, 0.4) is 0 Å². The maximum atomic E-state index is 12.6. The summed E-state index contributed by atoms with van der Waals surface area (Å²) in [5.74, 6) is -2.42. The predicted molar refractivity (Wildman–Crippen MR) is 88.6 cm³/mol. The molecule has 0 radical (unpaired) electrons. The third kappa shape index (κ3) is 2.82. The summed E-state index contributed by atoms with van der Waals surface area (Å²) in [6.45, 7) is 0. The molecule has 2 aromatic rings. The lowest BCUT2D eigenvalue weighted by molar-refractivity contribution is -0.169. The number of hydrogen-bond donors (Lipinski definition) is 2. The van der Waals surface area contributed by atoms with Gasteiger partial charge in [-0.05, 0) is 23.3 Å². The third-order valence-corrected chi connectivity index (χ3v) is 4.07. The average molecular weight is 340 g/mol. The van der Waals surface area contributed by atoms with Crippen LogP contribution < -0.4 is 0 Å². The molecule has 6 heteroatoms. The van der Waals surface area contributed by atoms with Crippen molar-refractivity contribution in [2.45, 2.75) is 12.0 Å². The molecule has 2 N–H and O–H groups in total. The zero-order chi connectivity index (χ0) is 18.0. The van der Waals surface area contributed by atoms with Gasteiger partial charge in [0.25, 0.3) is 0 Å². The van der Waals surface area contributed by atoms with Crippen molar-refractivity contribution < 1.29 is 29.3 Å². The maximum Gasteiger partial charge on any atom is 0.375 e. The van der Waals surface area contributed by atoms with Crippen LogP contribution >= 0.6 is 0 Å². The summed E-state index contributed by atoms with van der Waals surface area (Å²) in [5, 5.41) is 19.7. The number of benzene rings is 2. The summed E-state index contributed by atoms with van der Waals surface area (Å²) in [7, 11) is 1.19. The van der Waals surface area contributed by atoms with Gasteiger partial charge in [0, 0.05) is 6.42 Å². The number of hydrogen-bond acceptors (Lipinski definition) is 6. The third-order valence-electron chi connectivity index (χ3n) is 4.07. The van der Waals surface area contributed by atoms with Crippen LogP contribution in [0, 0.1) is 0 Å². The van der Waals surface area contributed by atoms with Gasteiger partial charge < -0.3 is 19.7 Å². The molecular weight excluding hydrogens is 324 g/mol. The smallest absolute Gasteiger partial charge is 0.375 e. The Morgan fingerprint density at radius 3 is 2.32 bits per heavy atom. The van der Waals surface area contributed by atoms with Gasteiger partial charge in [0.2, 0.25) is 11.4 Å². The van der Waals surface area contributed by atoms with Gasteiger partial charge in [0.05, 0.1) is 12.7 Å². The van der Waals surface area contributed by atoms with E-state index in [0.29, 0.717) is 5.56 Å². The molecule has 0 spiro atoms. The number of phenolic OH excluding ortho intramolecular Hbond substituents is 1. The minimum Gasteiger partial charge on any atom is -0.508 e. The number of aromatic hydroxyl groups is 1. The van der Waals surface area contributed by atoms with Gasteiger partial charge in [-0.3, -0.25) is 0 Å². The monoisotopic (exact) mass is 340 g/mol. The molecule has 1 heterocycles. The molecule has 0 bridgehead atoms. The van der Waals surface area contributed by atoms with Crippen LogP contribution in [0.4, 0.5) is 0 Å². The summed E-state index contributed by atoms with van der Waals surface area (Å²) < 4.78 is 10.2. The van der Waals surface area contributed by atoms with Crippen molar-refractivity contribution in [1.82, 2.24) is 0 Å². The Hall–Kier alpha value is -3.28. The van der Waals surface area contributed by atoms with Crippen LogP contribution in [0.15, 0.2) is 60.4 Å². The Balaban J connectivity index is 2.17. The van der Waals surface area contributed by atoms with Crippen molar-refractivity contribution in [1.29, 1.82) is 0 Å². The van der Waals surface area contributed by atoms with E-state index >= 15 is 0 Å². The van der Waals surface area contributed by atoms with Crippen LogP contribution in [0.1, 0.15) is 11.1 Å². The van der Waals surface area contributed by atoms with Crippen molar-refractivity contribution in [3.8, 4) is 5.75 Å². The average Bonchev–Trinajstić information content (AvgIpc) is 2.87. The summed E-state index contributed by atoms with van der Waals surface area (Å²) >= 11 is 0. The van der Waals surface area contributed by atoms with Gasteiger partial charge in [0.15, 0.2) is 0 Å². The molecule has 0 aromatic heterocycles. The SMILES string of the molecule is COC(=O)C1(Cc2ccccc2)OC(=O)C(O)=C1c1ccc(O)cc1. The fourth-order valence-electron chi connectivity index (χ4n) is 2.94. The lowest BCUT2D eigenvalue weighted by Crippen LogP contribution is -2.44. The van der Waals surface area contributed by atoms with E-state index in [0.717, 1.165) is 5.56 Å². The Morgan fingerprint density at radius 1 is 1.08 bits per heavy atom. The first-order valence-corrected chi connectivity index (χ1v) is 7.57. The minimum absolute atomic E-state index is 0.00647. The number of aliphatic hydroxyl groups excluding tert-OH is 1. The molecule has 0 saturated carbocycles. The number of ether oxygens (including phenoxy) is 2. The van der Waals surface area contributed by atoms with Crippen molar-refractivity contribution in [3.05, 3.63) is 71.5 Å². The van der Waals surface area contributed by atoms with E-state index in [2.05, 4.69) is 0 Å². The maximum absolute atomic E-state index is 12.6. The summed E-state index contributed by atoms with van der Waals surface area (Å²) in [6, 6.07) is 14.7. The number of phenols is 1. The van der Waals surface area contributed by atoms with Crippen molar-refractivity contribution in [2.75, 3.05) is 7.11 Å². The van der Waals surface area contributed by atoms with Crippen LogP contribution in [-0.4, -0.2) is 34.9 Å². The highest BCUT2D eigenvalue weighted by Crippen LogP contribution is 2.42. The molecule has 6 nitrogen and oxygen atoms in total. The summed E-state index contributed by atoms with van der Waals surface area (Å²) in [4.78, 5) is 24.7. The topological polar surface area (TPSA) is 93.1 Å². The zero-order valence-electron chi connectivity index (χ0n) is 13.4. The Kier molecular flexibility index (Phi) is 4.19. The predicted octanol–water partition coefficient (Wildman–Crippen LogP) is 2.37. The first-order chi connectivity index (χ1) is 12.0. The van der Waals surface area contributed by atoms with E-state index in [1.807, 2.05) is 6.07 Å². The van der Waals surface area contributed by atoms with Gasteiger partial charge in [-0.1, -0.05) is 42.5 Å². The van der Waals surface area contributed by atoms with Gasteiger partial charge in [-0.2, -0.15) is 0 Å². The summed E-state index contributed by atoms with van der Waals surface area (Å²) in [6.07, 6.45) is 0.00647. The number of rotatable bonds is 4. The van der Waals surface area contributed by atoms with E-state index in [1.54, 1.807) is 24.3 Å². The van der Waals surface area contributed by atoms with E-state index in [-0.39, 0.29) is 17.7 Å². The number of carbonyl (C=O) groups excluding carboxylic acids is 2. The fourth-order valence-corrected chi connectivity index (χ4v) is 2.94. The highest BCUT2D eigenvalue weighted by molar-refractivity contribution is 6.11. The van der Waals surface area contributed by atoms with E-state index < -0.39 is 23.3 Å². The van der Waals surface area contributed by atoms with Gasteiger partial charge in [-0.15, -0.1) is 0 Å². The molecule has 1 atom stereocenters. The van der Waals surface area contributed by atoms with Crippen molar-refractivity contribution in [3.63, 3.8) is 0 Å². The van der Waals surface area contributed by atoms with Crippen molar-refractivity contribution >= 4 is 17.5 Å². The lowest BCUT2D eigenvalue weighted by Gasteiger charge is -2.28. The normalized spacial score (nSPS) is 19.6. The quantitative estimate of drug-likeness (QED) is 0.830. The Bertz CT molecular complexity index is 838. The van der Waals surface area contributed by atoms with Gasteiger partial charge in [0.1, 0.15) is 5.75 Å². The summed E-state index contributed by atoms with van der Waals surface area (Å²) in [5.41, 5.74) is -0.670. The molecule has 2 aromatic carbocycles. The van der Waals surface area contributed by atoms with Crippen LogP contribution in [-0.2, 0) is 25.5 Å². The molecule has 1 aliphatic rings. The molecule has 128 valence electrons. The molecule has 0 saturated heterocycles. The Morgan fingerprint density at radius 2 is 1.72 bits per heavy atom. The number of cyclic esters (lactones) is 1. The van der Waals surface area contributed by atoms with Crippen molar-refractivity contribution in [2.24, 2.45) is 0 Å². The molecule has 1 aliphatic heterocycles. The zero-order valence-corrected chi connectivity index (χ0v) is 13.4. The van der Waals surface area contributed by atoms with E-state index in [9.17, 15) is 19.8 Å². The molecule has 25 heavy (non-hydrogen) atoms. The van der Waals surface area contributed by atoms with Crippen LogP contribution in [0.2, 0.25) is 0 Å². The van der Waals surface area contributed by atoms with Crippen LogP contribution in [0.25, 0.3) is 5.57 Å². The Labute approximate surface area is 143 Å². The first-order valence-electron chi connectivity index (χ1n) is 7.57. The minimum atomic E-state index is -1.80. The number of methoxy groups -OCH3 is 1. The first kappa shape index (κ1) is 16.6. The molecule has 1 unspecified atom stereocenters. The number of aliphatic hydroxyl groups is 1. The van der Waals surface area contributed by atoms with E-state index in [4.69, 9.17) is 9.47 Å². The number of carbonyl (C=O) groups is 2. The van der Waals surface area contributed by atoms with Gasteiger partial charge in [-0.25, -0.2) is 9.59 Å². The second-order valence-corrected chi connectivity index (χ2v) is 5.64. The molecule has 0 amide bonds. The molecule has 3 rings (SSSR count). The lowest BCUT2D eigenvalue weighted by atomic mass is 9.83. The van der Waals surface area contributed by atoms with Crippen LogP contribution in [0.5, 0.6) is 5.75 Å². The molecule has 0 fully saturated rings.